The third kappa shape index (κ3) is 3.52. The van der Waals surface area contributed by atoms with Crippen molar-refractivity contribution in [1.29, 1.82) is 5.26 Å². The van der Waals surface area contributed by atoms with E-state index in [9.17, 15) is 13.6 Å². The van der Waals surface area contributed by atoms with Gasteiger partial charge in [-0.15, -0.1) is 0 Å². The van der Waals surface area contributed by atoms with Gasteiger partial charge in [0.25, 0.3) is 5.91 Å². The molecule has 1 N–H and O–H groups in total. The smallest absolute Gasteiger partial charge is 0.254 e. The van der Waals surface area contributed by atoms with Gasteiger partial charge in [0.2, 0.25) is 0 Å². The first-order chi connectivity index (χ1) is 7.85. The summed E-state index contributed by atoms with van der Waals surface area (Å²) < 4.78 is 25.9. The Kier molecular flexibility index (Phi) is 3.79. The molecule has 0 aliphatic heterocycles. The first-order valence-electron chi connectivity index (χ1n) is 5.00. The molecule has 0 aliphatic carbocycles. The Morgan fingerprint density at radius 2 is 2.12 bits per heavy atom. The van der Waals surface area contributed by atoms with Crippen molar-refractivity contribution < 1.29 is 13.6 Å². The van der Waals surface area contributed by atoms with Gasteiger partial charge < -0.3 is 5.32 Å². The van der Waals surface area contributed by atoms with Gasteiger partial charge in [-0.2, -0.15) is 5.26 Å². The number of carbonyl (C=O) groups is 1. The second-order valence-electron chi connectivity index (χ2n) is 4.30. The van der Waals surface area contributed by atoms with E-state index in [0.717, 1.165) is 12.1 Å². The lowest BCUT2D eigenvalue weighted by molar-refractivity contribution is 0.0939. The molecular weight excluding hydrogens is 226 g/mol. The third-order valence-electron chi connectivity index (χ3n) is 2.17. The minimum absolute atomic E-state index is 0.0964. The lowest BCUT2D eigenvalue weighted by Gasteiger charge is -2.15. The Hall–Kier alpha value is -1.96. The Labute approximate surface area is 98.1 Å². The molecule has 1 rings (SSSR count). The van der Waals surface area contributed by atoms with E-state index in [1.165, 1.54) is 0 Å². The van der Waals surface area contributed by atoms with E-state index < -0.39 is 23.0 Å². The van der Waals surface area contributed by atoms with Crippen molar-refractivity contribution in [2.75, 3.05) is 6.54 Å². The molecule has 0 heterocycles. The maximum absolute atomic E-state index is 13.2. The molecule has 0 radical (unpaired) electrons. The molecule has 1 amide bonds. The van der Waals surface area contributed by atoms with Crippen LogP contribution in [0.25, 0.3) is 0 Å². The van der Waals surface area contributed by atoms with Crippen LogP contribution in [0.3, 0.4) is 0 Å². The number of carbonyl (C=O) groups excluding carboxylic acids is 1. The molecule has 3 nitrogen and oxygen atoms in total. The summed E-state index contributed by atoms with van der Waals surface area (Å²) in [6.45, 7) is 3.39. The summed E-state index contributed by atoms with van der Waals surface area (Å²) in [6.07, 6.45) is 0. The highest BCUT2D eigenvalue weighted by Crippen LogP contribution is 2.13. The third-order valence-corrected chi connectivity index (χ3v) is 2.17. The SMILES string of the molecule is CC(C)(C#N)CNC(=O)c1ccc(F)cc1F. The summed E-state index contributed by atoms with van der Waals surface area (Å²) >= 11 is 0. The molecule has 5 heteroatoms. The van der Waals surface area contributed by atoms with Crippen LogP contribution in [-0.2, 0) is 0 Å². The molecule has 0 aromatic heterocycles. The molecule has 0 atom stereocenters. The number of amides is 1. The van der Waals surface area contributed by atoms with Gasteiger partial charge in [-0.05, 0) is 26.0 Å². The maximum Gasteiger partial charge on any atom is 0.254 e. The molecule has 1 aromatic rings. The van der Waals surface area contributed by atoms with Crippen molar-refractivity contribution in [2.45, 2.75) is 13.8 Å². The monoisotopic (exact) mass is 238 g/mol. The fraction of sp³-hybridized carbons (Fsp3) is 0.333. The number of benzene rings is 1. The van der Waals surface area contributed by atoms with E-state index in [2.05, 4.69) is 5.32 Å². The zero-order chi connectivity index (χ0) is 13.1. The van der Waals surface area contributed by atoms with Crippen LogP contribution in [0.4, 0.5) is 8.78 Å². The van der Waals surface area contributed by atoms with Crippen LogP contribution in [0.2, 0.25) is 0 Å². The Bertz CT molecular complexity index is 478. The van der Waals surface area contributed by atoms with E-state index in [1.54, 1.807) is 13.8 Å². The van der Waals surface area contributed by atoms with Crippen molar-refractivity contribution in [3.8, 4) is 6.07 Å². The van der Waals surface area contributed by atoms with Crippen LogP contribution < -0.4 is 5.32 Å². The van der Waals surface area contributed by atoms with Gasteiger partial charge >= 0.3 is 0 Å². The minimum atomic E-state index is -0.919. The lowest BCUT2D eigenvalue weighted by atomic mass is 9.96. The second kappa shape index (κ2) is 4.91. The van der Waals surface area contributed by atoms with Crippen LogP contribution in [-0.4, -0.2) is 12.5 Å². The molecule has 0 aliphatic rings. The van der Waals surface area contributed by atoms with Crippen LogP contribution in [0.1, 0.15) is 24.2 Å². The van der Waals surface area contributed by atoms with E-state index in [-0.39, 0.29) is 12.1 Å². The number of halogens is 2. The van der Waals surface area contributed by atoms with Gasteiger partial charge in [-0.25, -0.2) is 8.78 Å². The van der Waals surface area contributed by atoms with Crippen molar-refractivity contribution in [3.63, 3.8) is 0 Å². The highest BCUT2D eigenvalue weighted by atomic mass is 19.1. The minimum Gasteiger partial charge on any atom is -0.350 e. The average molecular weight is 238 g/mol. The van der Waals surface area contributed by atoms with Gasteiger partial charge in [-0.3, -0.25) is 4.79 Å². The maximum atomic E-state index is 13.2. The molecule has 17 heavy (non-hydrogen) atoms. The molecule has 0 fully saturated rings. The normalized spacial score (nSPS) is 10.8. The summed E-state index contributed by atoms with van der Waals surface area (Å²) in [5.41, 5.74) is -0.966. The Balaban J connectivity index is 2.75. The molecular formula is C12H12F2N2O. The van der Waals surface area contributed by atoms with E-state index in [1.807, 2.05) is 6.07 Å². The van der Waals surface area contributed by atoms with Gasteiger partial charge in [0, 0.05) is 12.6 Å². The van der Waals surface area contributed by atoms with Crippen LogP contribution in [0, 0.1) is 28.4 Å². The highest BCUT2D eigenvalue weighted by Gasteiger charge is 2.19. The van der Waals surface area contributed by atoms with Crippen LogP contribution >= 0.6 is 0 Å². The quantitative estimate of drug-likeness (QED) is 0.878. The largest absolute Gasteiger partial charge is 0.350 e. The number of hydrogen-bond donors (Lipinski definition) is 1. The summed E-state index contributed by atoms with van der Waals surface area (Å²) in [7, 11) is 0. The van der Waals surface area contributed by atoms with Crippen molar-refractivity contribution in [3.05, 3.63) is 35.4 Å². The summed E-state index contributed by atoms with van der Waals surface area (Å²) in [5.74, 6) is -2.32. The van der Waals surface area contributed by atoms with Crippen molar-refractivity contribution in [1.82, 2.24) is 5.32 Å². The first-order valence-corrected chi connectivity index (χ1v) is 5.00. The zero-order valence-corrected chi connectivity index (χ0v) is 9.55. The topological polar surface area (TPSA) is 52.9 Å². The summed E-state index contributed by atoms with van der Waals surface area (Å²) in [6, 6.07) is 4.72. The second-order valence-corrected chi connectivity index (χ2v) is 4.30. The number of nitriles is 1. The van der Waals surface area contributed by atoms with Crippen LogP contribution in [0.5, 0.6) is 0 Å². The average Bonchev–Trinajstić information content (AvgIpc) is 2.26. The highest BCUT2D eigenvalue weighted by molar-refractivity contribution is 5.94. The molecule has 0 spiro atoms. The predicted octanol–water partition coefficient (Wildman–Crippen LogP) is 2.24. The van der Waals surface area contributed by atoms with E-state index >= 15 is 0 Å². The molecule has 1 aromatic carbocycles. The molecule has 0 saturated carbocycles. The van der Waals surface area contributed by atoms with Gasteiger partial charge in [0.05, 0.1) is 17.0 Å². The van der Waals surface area contributed by atoms with Gasteiger partial charge in [0.15, 0.2) is 0 Å². The standard InChI is InChI=1S/C12H12F2N2O/c1-12(2,6-15)7-16-11(17)9-4-3-8(13)5-10(9)14/h3-5H,7H2,1-2H3,(H,16,17). The van der Waals surface area contributed by atoms with Crippen molar-refractivity contribution >= 4 is 5.91 Å². The summed E-state index contributed by atoms with van der Waals surface area (Å²) in [4.78, 5) is 11.6. The van der Waals surface area contributed by atoms with Gasteiger partial charge in [0.1, 0.15) is 11.6 Å². The lowest BCUT2D eigenvalue weighted by Crippen LogP contribution is -2.33. The van der Waals surface area contributed by atoms with E-state index in [4.69, 9.17) is 5.26 Å². The number of nitrogens with one attached hydrogen (secondary N) is 1. The van der Waals surface area contributed by atoms with Crippen molar-refractivity contribution in [2.24, 2.45) is 5.41 Å². The molecule has 0 unspecified atom stereocenters. The number of rotatable bonds is 3. The summed E-state index contributed by atoms with van der Waals surface area (Å²) in [5, 5.41) is 11.2. The molecule has 0 saturated heterocycles. The van der Waals surface area contributed by atoms with E-state index in [0.29, 0.717) is 6.07 Å². The Morgan fingerprint density at radius 3 is 2.65 bits per heavy atom. The first kappa shape index (κ1) is 13.1. The van der Waals surface area contributed by atoms with Crippen LogP contribution in [0.15, 0.2) is 18.2 Å². The van der Waals surface area contributed by atoms with Gasteiger partial charge in [-0.1, -0.05) is 0 Å². The molecule has 0 bridgehead atoms. The Morgan fingerprint density at radius 1 is 1.47 bits per heavy atom. The predicted molar refractivity (Wildman–Crippen MR) is 58.1 cm³/mol. The fourth-order valence-corrected chi connectivity index (χ4v) is 1.11. The molecule has 90 valence electrons. The zero-order valence-electron chi connectivity index (χ0n) is 9.55. The number of hydrogen-bond acceptors (Lipinski definition) is 2. The number of nitrogens with zero attached hydrogens (tertiary/aromatic N) is 1. The fourth-order valence-electron chi connectivity index (χ4n) is 1.11.